The van der Waals surface area contributed by atoms with E-state index in [1.807, 2.05) is 19.1 Å². The molecule has 1 fully saturated rings. The Balaban J connectivity index is 1.84. The third kappa shape index (κ3) is 4.82. The zero-order chi connectivity index (χ0) is 16.1. The van der Waals surface area contributed by atoms with E-state index in [4.69, 9.17) is 0 Å². The van der Waals surface area contributed by atoms with E-state index in [2.05, 4.69) is 36.2 Å². The van der Waals surface area contributed by atoms with Crippen LogP contribution in [0.5, 0.6) is 0 Å². The lowest BCUT2D eigenvalue weighted by Crippen LogP contribution is -2.43. The predicted molar refractivity (Wildman–Crippen MR) is 90.0 cm³/mol. The highest BCUT2D eigenvalue weighted by molar-refractivity contribution is 5.92. The number of hydrogen-bond donors (Lipinski definition) is 2. The van der Waals surface area contributed by atoms with Gasteiger partial charge < -0.3 is 10.4 Å². The predicted octanol–water partition coefficient (Wildman–Crippen LogP) is 2.84. The van der Waals surface area contributed by atoms with Gasteiger partial charge in [-0.3, -0.25) is 9.69 Å². The monoisotopic (exact) mass is 304 g/mol. The number of carbonyl (C=O) groups excluding carboxylic acids is 1. The smallest absolute Gasteiger partial charge is 0.238 e. The van der Waals surface area contributed by atoms with Crippen LogP contribution in [0, 0.1) is 5.92 Å². The summed E-state index contributed by atoms with van der Waals surface area (Å²) < 4.78 is 0. The maximum Gasteiger partial charge on any atom is 0.238 e. The van der Waals surface area contributed by atoms with Crippen LogP contribution >= 0.6 is 0 Å². The molecule has 1 amide bonds. The summed E-state index contributed by atoms with van der Waals surface area (Å²) in [5.74, 6) is 0.797. The topological polar surface area (TPSA) is 52.6 Å². The fourth-order valence-corrected chi connectivity index (χ4v) is 2.98. The zero-order valence-corrected chi connectivity index (χ0v) is 13.9. The van der Waals surface area contributed by atoms with E-state index in [0.29, 0.717) is 12.5 Å². The molecule has 1 aromatic carbocycles. The summed E-state index contributed by atoms with van der Waals surface area (Å²) in [6.07, 6.45) is 1.80. The van der Waals surface area contributed by atoms with Crippen molar-refractivity contribution in [1.82, 2.24) is 4.90 Å². The van der Waals surface area contributed by atoms with Crippen LogP contribution in [0.15, 0.2) is 24.3 Å². The van der Waals surface area contributed by atoms with Gasteiger partial charge in [0.05, 0.1) is 12.6 Å². The average molecular weight is 304 g/mol. The summed E-state index contributed by atoms with van der Waals surface area (Å²) >= 11 is 0. The summed E-state index contributed by atoms with van der Waals surface area (Å²) in [5.41, 5.74) is 2.12. The number of anilines is 1. The lowest BCUT2D eigenvalue weighted by Gasteiger charge is -2.33. The van der Waals surface area contributed by atoms with E-state index in [-0.39, 0.29) is 17.9 Å². The molecule has 1 saturated heterocycles. The SMILES string of the molecule is CC(C)c1ccc(NC(=O)CN2CCCC(C(C)O)C2)cc1. The van der Waals surface area contributed by atoms with Gasteiger partial charge in [0.25, 0.3) is 0 Å². The van der Waals surface area contributed by atoms with Crippen molar-refractivity contribution in [3.63, 3.8) is 0 Å². The fourth-order valence-electron chi connectivity index (χ4n) is 2.98. The van der Waals surface area contributed by atoms with Crippen molar-refractivity contribution < 1.29 is 9.90 Å². The van der Waals surface area contributed by atoms with E-state index in [1.165, 1.54) is 5.56 Å². The molecule has 0 saturated carbocycles. The van der Waals surface area contributed by atoms with E-state index in [9.17, 15) is 9.90 Å². The lowest BCUT2D eigenvalue weighted by molar-refractivity contribution is -0.118. The van der Waals surface area contributed by atoms with Crippen molar-refractivity contribution in [2.24, 2.45) is 5.92 Å². The molecule has 22 heavy (non-hydrogen) atoms. The van der Waals surface area contributed by atoms with E-state index < -0.39 is 0 Å². The molecular weight excluding hydrogens is 276 g/mol. The normalized spacial score (nSPS) is 20.9. The number of aliphatic hydroxyl groups excluding tert-OH is 1. The van der Waals surface area contributed by atoms with Gasteiger partial charge in [0.1, 0.15) is 0 Å². The van der Waals surface area contributed by atoms with Gasteiger partial charge in [0.15, 0.2) is 0 Å². The van der Waals surface area contributed by atoms with Gasteiger partial charge in [0, 0.05) is 12.2 Å². The van der Waals surface area contributed by atoms with E-state index in [0.717, 1.165) is 31.6 Å². The third-order valence-electron chi connectivity index (χ3n) is 4.45. The quantitative estimate of drug-likeness (QED) is 0.879. The number of rotatable bonds is 5. The number of nitrogens with one attached hydrogen (secondary N) is 1. The molecule has 1 aliphatic heterocycles. The van der Waals surface area contributed by atoms with Gasteiger partial charge in [-0.05, 0) is 55.8 Å². The number of likely N-dealkylation sites (tertiary alicyclic amines) is 1. The van der Waals surface area contributed by atoms with Crippen molar-refractivity contribution in [2.45, 2.75) is 45.6 Å². The molecule has 0 radical (unpaired) electrons. The molecule has 1 aromatic rings. The van der Waals surface area contributed by atoms with Crippen LogP contribution in [0.2, 0.25) is 0 Å². The Bertz CT molecular complexity index is 482. The summed E-state index contributed by atoms with van der Waals surface area (Å²) in [6, 6.07) is 8.04. The maximum absolute atomic E-state index is 12.2. The van der Waals surface area contributed by atoms with Gasteiger partial charge in [-0.15, -0.1) is 0 Å². The van der Waals surface area contributed by atoms with Crippen LogP contribution in [0.4, 0.5) is 5.69 Å². The highest BCUT2D eigenvalue weighted by Gasteiger charge is 2.24. The van der Waals surface area contributed by atoms with E-state index >= 15 is 0 Å². The van der Waals surface area contributed by atoms with Crippen LogP contribution in [0.25, 0.3) is 0 Å². The molecule has 1 heterocycles. The first-order valence-corrected chi connectivity index (χ1v) is 8.26. The summed E-state index contributed by atoms with van der Waals surface area (Å²) in [4.78, 5) is 14.3. The second kappa shape index (κ2) is 7.75. The molecular formula is C18H28N2O2. The van der Waals surface area contributed by atoms with Crippen LogP contribution in [0.1, 0.15) is 45.1 Å². The van der Waals surface area contributed by atoms with Crippen molar-refractivity contribution in [2.75, 3.05) is 25.0 Å². The number of hydrogen-bond acceptors (Lipinski definition) is 3. The zero-order valence-electron chi connectivity index (χ0n) is 13.9. The molecule has 122 valence electrons. The minimum Gasteiger partial charge on any atom is -0.393 e. The minimum absolute atomic E-state index is 0.0172. The Morgan fingerprint density at radius 3 is 2.59 bits per heavy atom. The molecule has 0 aromatic heterocycles. The molecule has 2 atom stereocenters. The number of benzene rings is 1. The standard InChI is InChI=1S/C18H28N2O2/c1-13(2)15-6-8-17(9-7-15)19-18(22)12-20-10-4-5-16(11-20)14(3)21/h6-9,13-14,16,21H,4-5,10-12H2,1-3H3,(H,19,22). The van der Waals surface area contributed by atoms with Crippen LogP contribution in [-0.4, -0.2) is 41.7 Å². The first-order chi connectivity index (χ1) is 10.5. The van der Waals surface area contributed by atoms with Crippen LogP contribution in [-0.2, 0) is 4.79 Å². The summed E-state index contributed by atoms with van der Waals surface area (Å²) in [7, 11) is 0. The Morgan fingerprint density at radius 2 is 2.00 bits per heavy atom. The molecule has 2 rings (SSSR count). The second-order valence-electron chi connectivity index (χ2n) is 6.70. The largest absolute Gasteiger partial charge is 0.393 e. The van der Waals surface area contributed by atoms with Gasteiger partial charge in [-0.25, -0.2) is 0 Å². The highest BCUT2D eigenvalue weighted by atomic mass is 16.3. The average Bonchev–Trinajstić information content (AvgIpc) is 2.47. The Hall–Kier alpha value is -1.39. The van der Waals surface area contributed by atoms with Gasteiger partial charge in [-0.2, -0.15) is 0 Å². The first-order valence-electron chi connectivity index (χ1n) is 8.26. The number of carbonyl (C=O) groups is 1. The van der Waals surface area contributed by atoms with Crippen molar-refractivity contribution in [3.8, 4) is 0 Å². The minimum atomic E-state index is -0.297. The van der Waals surface area contributed by atoms with Gasteiger partial charge >= 0.3 is 0 Å². The molecule has 0 spiro atoms. The molecule has 2 N–H and O–H groups in total. The molecule has 2 unspecified atom stereocenters. The summed E-state index contributed by atoms with van der Waals surface area (Å²) in [6.45, 7) is 8.28. The molecule has 4 nitrogen and oxygen atoms in total. The van der Waals surface area contributed by atoms with Crippen LogP contribution in [0.3, 0.4) is 0 Å². The molecule has 0 aliphatic carbocycles. The Morgan fingerprint density at radius 1 is 1.32 bits per heavy atom. The fraction of sp³-hybridized carbons (Fsp3) is 0.611. The van der Waals surface area contributed by atoms with Crippen molar-refractivity contribution in [3.05, 3.63) is 29.8 Å². The number of nitrogens with zero attached hydrogens (tertiary/aromatic N) is 1. The summed E-state index contributed by atoms with van der Waals surface area (Å²) in [5, 5.41) is 12.7. The Kier molecular flexibility index (Phi) is 5.98. The van der Waals surface area contributed by atoms with Crippen LogP contribution < -0.4 is 5.32 Å². The highest BCUT2D eigenvalue weighted by Crippen LogP contribution is 2.20. The molecule has 4 heteroatoms. The lowest BCUT2D eigenvalue weighted by atomic mass is 9.93. The van der Waals surface area contributed by atoms with Crippen molar-refractivity contribution >= 4 is 11.6 Å². The Labute approximate surface area is 133 Å². The molecule has 0 bridgehead atoms. The first kappa shape index (κ1) is 17.0. The van der Waals surface area contributed by atoms with E-state index in [1.54, 1.807) is 0 Å². The molecule has 1 aliphatic rings. The van der Waals surface area contributed by atoms with Gasteiger partial charge in [0.2, 0.25) is 5.91 Å². The number of aliphatic hydroxyl groups is 1. The maximum atomic E-state index is 12.2. The number of amides is 1. The van der Waals surface area contributed by atoms with Gasteiger partial charge in [-0.1, -0.05) is 26.0 Å². The second-order valence-corrected chi connectivity index (χ2v) is 6.70. The number of piperidine rings is 1. The third-order valence-corrected chi connectivity index (χ3v) is 4.45. The van der Waals surface area contributed by atoms with Crippen molar-refractivity contribution in [1.29, 1.82) is 0 Å².